The fourth-order valence-electron chi connectivity index (χ4n) is 11.5. The molecule has 2 heterocycles. The van der Waals surface area contributed by atoms with E-state index in [-0.39, 0.29) is 29.6 Å². The monoisotopic (exact) mass is 1080 g/mol. The number of likely N-dealkylation sites (tertiary alicyclic amines) is 2. The lowest BCUT2D eigenvalue weighted by atomic mass is 9.92. The molecule has 0 bridgehead atoms. The fourth-order valence-corrected chi connectivity index (χ4v) is 13.4. The van der Waals surface area contributed by atoms with Crippen molar-refractivity contribution in [2.45, 2.75) is 114 Å². The molecule has 0 aromatic heterocycles. The zero-order chi connectivity index (χ0) is 55.4. The van der Waals surface area contributed by atoms with E-state index in [4.69, 9.17) is 0 Å². The zero-order valence-electron chi connectivity index (χ0n) is 45.9. The number of hydrogen-bond donors (Lipinski definition) is 2. The predicted octanol–water partition coefficient (Wildman–Crippen LogP) is 13.3. The van der Waals surface area contributed by atoms with E-state index in [2.05, 4.69) is 131 Å². The molecule has 0 aliphatic carbocycles. The standard InChI is InChI=1S/C36H41N3O4S.C30H37N3O2/c1-29-14-11-12-22-35(29)44(42,43)39(32-19-9-4-10-20-32)34-23-25-38(36(40)41)33(26-34)21-13-24-37(27-30-15-5-2-6-16-30)28-31-17-7-3-8-18-31;1-31(27-16-9-4-10-17-27)28-19-21-33(30(34)35)29(22-28)18-11-20-32(23-25-12-5-2-6-13-25)24-26-14-7-3-8-15-26/h2-12,14-20,22,33-34H,13,21,23-28H2,1H3,(H,40,41);2-10,12-17,28-29H,11,18-24H2,1H3,(H,34,35)/t33-,34-;/m0./s1. The number of rotatable bonds is 22. The average molecular weight is 1080 g/mol. The lowest BCUT2D eigenvalue weighted by Crippen LogP contribution is -2.53. The van der Waals surface area contributed by atoms with Crippen molar-refractivity contribution in [3.63, 3.8) is 0 Å². The molecule has 9 rings (SSSR count). The predicted molar refractivity (Wildman–Crippen MR) is 318 cm³/mol. The Morgan fingerprint density at radius 3 is 1.22 bits per heavy atom. The summed E-state index contributed by atoms with van der Waals surface area (Å²) in [6.07, 6.45) is 4.14. The van der Waals surface area contributed by atoms with Crippen LogP contribution in [0.2, 0.25) is 0 Å². The number of aryl methyl sites for hydroxylation is 1. The smallest absolute Gasteiger partial charge is 0.407 e. The Kier molecular flexibility index (Phi) is 21.2. The van der Waals surface area contributed by atoms with Gasteiger partial charge in [0.05, 0.1) is 10.6 Å². The van der Waals surface area contributed by atoms with Crippen molar-refractivity contribution in [3.8, 4) is 0 Å². The van der Waals surface area contributed by atoms with Gasteiger partial charge >= 0.3 is 12.2 Å². The molecule has 7 aromatic rings. The second-order valence-electron chi connectivity index (χ2n) is 21.1. The number of para-hydroxylation sites is 2. The first-order valence-corrected chi connectivity index (χ1v) is 29.4. The van der Waals surface area contributed by atoms with Crippen LogP contribution < -0.4 is 9.21 Å². The van der Waals surface area contributed by atoms with Gasteiger partial charge in [-0.15, -0.1) is 0 Å². The molecule has 0 radical (unpaired) electrons. The quantitative estimate of drug-likeness (QED) is 0.0682. The lowest BCUT2D eigenvalue weighted by Gasteiger charge is -2.43. The van der Waals surface area contributed by atoms with Crippen LogP contribution in [0.3, 0.4) is 0 Å². The molecule has 2 aliphatic heterocycles. The van der Waals surface area contributed by atoms with Crippen molar-refractivity contribution in [2.24, 2.45) is 0 Å². The Bertz CT molecular complexity index is 2950. The van der Waals surface area contributed by atoms with E-state index >= 15 is 0 Å². The number of hydrogen-bond acceptors (Lipinski definition) is 7. The van der Waals surface area contributed by atoms with Crippen molar-refractivity contribution >= 4 is 33.6 Å². The normalized spacial score (nSPS) is 17.4. The Labute approximate surface area is 469 Å². The van der Waals surface area contributed by atoms with Gasteiger partial charge in [0.1, 0.15) is 0 Å². The molecule has 2 amide bonds. The van der Waals surface area contributed by atoms with E-state index in [9.17, 15) is 28.2 Å². The van der Waals surface area contributed by atoms with Crippen LogP contribution in [0.5, 0.6) is 0 Å². The van der Waals surface area contributed by atoms with Gasteiger partial charge in [-0.25, -0.2) is 18.0 Å². The molecule has 2 N–H and O–H groups in total. The van der Waals surface area contributed by atoms with Crippen LogP contribution in [0.25, 0.3) is 0 Å². The molecule has 2 unspecified atom stereocenters. The van der Waals surface area contributed by atoms with Crippen LogP contribution in [0.4, 0.5) is 21.0 Å². The van der Waals surface area contributed by atoms with Crippen molar-refractivity contribution in [1.82, 2.24) is 19.6 Å². The molecule has 2 fully saturated rings. The average Bonchev–Trinajstić information content (AvgIpc) is 3.60. The molecule has 414 valence electrons. The van der Waals surface area contributed by atoms with E-state index in [0.717, 1.165) is 71.4 Å². The van der Waals surface area contributed by atoms with Gasteiger partial charge in [-0.3, -0.25) is 14.1 Å². The van der Waals surface area contributed by atoms with Crippen LogP contribution in [-0.2, 0) is 36.2 Å². The van der Waals surface area contributed by atoms with Crippen molar-refractivity contribution in [2.75, 3.05) is 42.4 Å². The van der Waals surface area contributed by atoms with Gasteiger partial charge in [0.2, 0.25) is 0 Å². The second-order valence-corrected chi connectivity index (χ2v) is 22.9. The Hall–Kier alpha value is -7.45. The minimum Gasteiger partial charge on any atom is -0.465 e. The molecule has 79 heavy (non-hydrogen) atoms. The highest BCUT2D eigenvalue weighted by atomic mass is 32.2. The third-order valence-electron chi connectivity index (χ3n) is 15.6. The van der Waals surface area contributed by atoms with Gasteiger partial charge in [-0.2, -0.15) is 0 Å². The first-order valence-electron chi connectivity index (χ1n) is 28.0. The maximum Gasteiger partial charge on any atom is 0.407 e. The summed E-state index contributed by atoms with van der Waals surface area (Å²) in [7, 11) is -1.76. The summed E-state index contributed by atoms with van der Waals surface area (Å²) < 4.78 is 30.0. The topological polar surface area (TPSA) is 128 Å². The summed E-state index contributed by atoms with van der Waals surface area (Å²) in [4.78, 5) is 35.0. The number of anilines is 2. The Balaban J connectivity index is 0.000000214. The summed E-state index contributed by atoms with van der Waals surface area (Å²) in [5.74, 6) is 0. The van der Waals surface area contributed by atoms with Gasteiger partial charge in [0.15, 0.2) is 0 Å². The first kappa shape index (κ1) is 57.7. The van der Waals surface area contributed by atoms with Gasteiger partial charge < -0.3 is 24.9 Å². The van der Waals surface area contributed by atoms with Crippen molar-refractivity contribution in [1.29, 1.82) is 0 Å². The van der Waals surface area contributed by atoms with E-state index in [0.29, 0.717) is 43.1 Å². The fraction of sp³-hybridized carbons (Fsp3) is 0.333. The van der Waals surface area contributed by atoms with Gasteiger partial charge in [-0.1, -0.05) is 176 Å². The minimum atomic E-state index is -3.89. The molecule has 12 nitrogen and oxygen atoms in total. The van der Waals surface area contributed by atoms with Crippen LogP contribution >= 0.6 is 0 Å². The largest absolute Gasteiger partial charge is 0.465 e. The van der Waals surface area contributed by atoms with E-state index in [1.54, 1.807) is 21.3 Å². The highest BCUT2D eigenvalue weighted by Gasteiger charge is 2.40. The Morgan fingerprint density at radius 1 is 0.481 bits per heavy atom. The van der Waals surface area contributed by atoms with E-state index in [1.165, 1.54) is 32.8 Å². The summed E-state index contributed by atoms with van der Waals surface area (Å²) in [5.41, 5.74) is 7.54. The summed E-state index contributed by atoms with van der Waals surface area (Å²) in [6, 6.07) is 68.3. The Morgan fingerprint density at radius 2 is 0.823 bits per heavy atom. The molecule has 2 saturated heterocycles. The third-order valence-corrected chi connectivity index (χ3v) is 17.6. The highest BCUT2D eigenvalue weighted by molar-refractivity contribution is 7.93. The van der Waals surface area contributed by atoms with E-state index in [1.807, 2.05) is 91.9 Å². The summed E-state index contributed by atoms with van der Waals surface area (Å²) in [6.45, 7) is 7.79. The number of carbonyl (C=O) groups is 2. The summed E-state index contributed by atoms with van der Waals surface area (Å²) >= 11 is 0. The van der Waals surface area contributed by atoms with Crippen LogP contribution in [0, 0.1) is 6.92 Å². The molecule has 13 heteroatoms. The molecule has 7 aromatic carbocycles. The molecule has 4 atom stereocenters. The van der Waals surface area contributed by atoms with E-state index < -0.39 is 22.2 Å². The molecule has 0 spiro atoms. The van der Waals surface area contributed by atoms with Crippen molar-refractivity contribution < 1.29 is 28.2 Å². The van der Waals surface area contributed by atoms with Crippen LogP contribution in [0.15, 0.2) is 211 Å². The minimum absolute atomic E-state index is 0.0488. The molecule has 0 saturated carbocycles. The second kappa shape index (κ2) is 29.0. The first-order chi connectivity index (χ1) is 38.4. The van der Waals surface area contributed by atoms with Crippen LogP contribution in [0.1, 0.15) is 79.2 Å². The SMILES string of the molecule is CN(c1ccccc1)C1CCN(C(=O)O)C(CCCN(Cc2ccccc2)Cc2ccccc2)C1.Cc1ccccc1S(=O)(=O)N(c1ccccc1)[C@H]1CCN(C(=O)O)[C@@H](CCCN(Cc2ccccc2)Cc2ccccc2)C1. The third kappa shape index (κ3) is 16.5. The number of amides is 2. The van der Waals surface area contributed by atoms with Crippen LogP contribution in [-0.4, -0.2) is 108 Å². The van der Waals surface area contributed by atoms with Gasteiger partial charge in [0, 0.05) is 76.2 Å². The highest BCUT2D eigenvalue weighted by Crippen LogP contribution is 2.35. The van der Waals surface area contributed by atoms with Crippen molar-refractivity contribution in [3.05, 3.63) is 234 Å². The summed E-state index contributed by atoms with van der Waals surface area (Å²) in [5, 5.41) is 20.0. The van der Waals surface area contributed by atoms with Gasteiger partial charge in [-0.05, 0) is 130 Å². The number of piperidine rings is 2. The van der Waals surface area contributed by atoms with Gasteiger partial charge in [0.25, 0.3) is 10.0 Å². The molecule has 2 aliphatic rings. The number of sulfonamides is 1. The number of nitrogens with zero attached hydrogens (tertiary/aromatic N) is 6. The maximum atomic E-state index is 14.2. The molecular formula is C66H78N6O6S. The number of benzene rings is 7. The molecular weight excluding hydrogens is 1000 g/mol. The lowest BCUT2D eigenvalue weighted by molar-refractivity contribution is 0.0940. The number of carboxylic acid groups (broad SMARTS) is 2. The maximum absolute atomic E-state index is 14.2. The zero-order valence-corrected chi connectivity index (χ0v) is 46.7.